The van der Waals surface area contributed by atoms with Crippen LogP contribution in [-0.4, -0.2) is 30.3 Å². The van der Waals surface area contributed by atoms with Gasteiger partial charge in [0.1, 0.15) is 6.10 Å². The Hall–Kier alpha value is -0.430. The third-order valence-electron chi connectivity index (χ3n) is 11.6. The molecule has 0 spiro atoms. The molecule has 0 bridgehead atoms. The molecule has 0 heterocycles. The molecule has 5 nitrogen and oxygen atoms in total. The summed E-state index contributed by atoms with van der Waals surface area (Å²) < 4.78 is 37.1. The minimum atomic E-state index is -4.59. The molecular weight excluding hydrogens is 460 g/mol. The van der Waals surface area contributed by atoms with E-state index in [1.54, 1.807) is 0 Å². The number of aliphatic hydroxyl groups excluding tert-OH is 1. The van der Waals surface area contributed by atoms with Crippen LogP contribution in [0.5, 0.6) is 0 Å². The molecule has 0 aromatic heterocycles. The van der Waals surface area contributed by atoms with Crippen LogP contribution >= 0.6 is 0 Å². The molecule has 6 heteroatoms. The highest BCUT2D eigenvalue weighted by atomic mass is 32.3. The molecule has 0 aliphatic heterocycles. The van der Waals surface area contributed by atoms with Crippen LogP contribution in [0.2, 0.25) is 0 Å². The highest BCUT2D eigenvalue weighted by Gasteiger charge is 2.60. The third-order valence-corrected chi connectivity index (χ3v) is 12.1. The van der Waals surface area contributed by atoms with Crippen LogP contribution in [0.4, 0.5) is 0 Å². The van der Waals surface area contributed by atoms with E-state index in [4.69, 9.17) is 4.18 Å². The average molecular weight is 511 g/mol. The van der Waals surface area contributed by atoms with Gasteiger partial charge in [-0.1, -0.05) is 66.5 Å². The maximum Gasteiger partial charge on any atom is 0.397 e. The Balaban J connectivity index is 1.50. The quantitative estimate of drug-likeness (QED) is 0.302. The van der Waals surface area contributed by atoms with Gasteiger partial charge in [0.15, 0.2) is 0 Å². The van der Waals surface area contributed by atoms with E-state index in [-0.39, 0.29) is 5.41 Å². The normalized spacial score (nSPS) is 43.5. The molecular formula is C29H50O5S. The van der Waals surface area contributed by atoms with Crippen LogP contribution in [0.25, 0.3) is 0 Å². The molecule has 4 aliphatic carbocycles. The zero-order valence-corrected chi connectivity index (χ0v) is 23.9. The van der Waals surface area contributed by atoms with E-state index in [9.17, 15) is 18.1 Å². The van der Waals surface area contributed by atoms with Gasteiger partial charge in [-0.15, -0.1) is 0 Å². The van der Waals surface area contributed by atoms with Gasteiger partial charge in [0.2, 0.25) is 0 Å². The lowest BCUT2D eigenvalue weighted by atomic mass is 9.46. The Labute approximate surface area is 214 Å². The second kappa shape index (κ2) is 9.39. The molecule has 202 valence electrons. The monoisotopic (exact) mass is 510 g/mol. The zero-order chi connectivity index (χ0) is 26.0. The first kappa shape index (κ1) is 27.6. The van der Waals surface area contributed by atoms with E-state index in [2.05, 4.69) is 54.5 Å². The van der Waals surface area contributed by atoms with Crippen LogP contribution in [0.1, 0.15) is 106 Å². The Morgan fingerprint density at radius 3 is 2.43 bits per heavy atom. The molecule has 4 rings (SSSR count). The Kier molecular flexibility index (Phi) is 7.41. The van der Waals surface area contributed by atoms with Gasteiger partial charge in [0, 0.05) is 0 Å². The van der Waals surface area contributed by atoms with E-state index in [0.29, 0.717) is 41.4 Å². The lowest BCUT2D eigenvalue weighted by molar-refractivity contribution is -0.0834. The van der Waals surface area contributed by atoms with E-state index >= 15 is 0 Å². The van der Waals surface area contributed by atoms with Crippen molar-refractivity contribution < 1.29 is 22.3 Å². The van der Waals surface area contributed by atoms with Gasteiger partial charge in [0.25, 0.3) is 0 Å². The van der Waals surface area contributed by atoms with Crippen molar-refractivity contribution in [2.24, 2.45) is 51.8 Å². The number of allylic oxidation sites excluding steroid dienone is 1. The second-order valence-electron chi connectivity index (χ2n) is 14.3. The van der Waals surface area contributed by atoms with Gasteiger partial charge in [0.05, 0.1) is 6.10 Å². The van der Waals surface area contributed by atoms with E-state index < -0.39 is 22.6 Å². The molecule has 3 fully saturated rings. The second-order valence-corrected chi connectivity index (χ2v) is 15.4. The van der Waals surface area contributed by atoms with Gasteiger partial charge in [-0.05, 0) is 103 Å². The van der Waals surface area contributed by atoms with E-state index in [1.807, 2.05) is 0 Å². The van der Waals surface area contributed by atoms with Crippen molar-refractivity contribution in [2.75, 3.05) is 0 Å². The molecule has 3 saturated carbocycles. The average Bonchev–Trinajstić information content (AvgIpc) is 3.08. The first-order chi connectivity index (χ1) is 16.1. The first-order valence-corrected chi connectivity index (χ1v) is 15.5. The molecule has 2 N–H and O–H groups in total. The topological polar surface area (TPSA) is 83.8 Å². The predicted molar refractivity (Wildman–Crippen MR) is 140 cm³/mol. The minimum absolute atomic E-state index is 0.176. The van der Waals surface area contributed by atoms with Gasteiger partial charge in [-0.2, -0.15) is 8.42 Å². The van der Waals surface area contributed by atoms with Crippen molar-refractivity contribution in [3.8, 4) is 0 Å². The van der Waals surface area contributed by atoms with Crippen molar-refractivity contribution in [2.45, 2.75) is 118 Å². The zero-order valence-electron chi connectivity index (χ0n) is 23.1. The lowest BCUT2D eigenvalue weighted by Gasteiger charge is -2.59. The maximum absolute atomic E-state index is 11.4. The van der Waals surface area contributed by atoms with Crippen molar-refractivity contribution in [3.05, 3.63) is 11.6 Å². The summed E-state index contributed by atoms with van der Waals surface area (Å²) in [5.41, 5.74) is 1.84. The molecule has 0 radical (unpaired) electrons. The van der Waals surface area contributed by atoms with Crippen LogP contribution in [-0.2, 0) is 14.6 Å². The summed E-state index contributed by atoms with van der Waals surface area (Å²) in [5.74, 6) is 4.05. The van der Waals surface area contributed by atoms with Gasteiger partial charge in [-0.3, -0.25) is 4.55 Å². The molecule has 10 atom stereocenters. The third kappa shape index (κ3) is 5.15. The maximum atomic E-state index is 11.4. The highest BCUT2D eigenvalue weighted by Crippen LogP contribution is 2.67. The predicted octanol–water partition coefficient (Wildman–Crippen LogP) is 6.82. The molecule has 0 saturated heterocycles. The van der Waals surface area contributed by atoms with Crippen molar-refractivity contribution in [1.82, 2.24) is 0 Å². The molecule has 35 heavy (non-hydrogen) atoms. The van der Waals surface area contributed by atoms with Crippen molar-refractivity contribution in [3.63, 3.8) is 0 Å². The number of hydrogen-bond acceptors (Lipinski definition) is 4. The number of rotatable bonds is 6. The van der Waals surface area contributed by atoms with Gasteiger partial charge in [-0.25, -0.2) is 4.18 Å². The fourth-order valence-electron chi connectivity index (χ4n) is 9.04. The minimum Gasteiger partial charge on any atom is -0.390 e. The molecule has 0 aromatic rings. The first-order valence-electron chi connectivity index (χ1n) is 14.1. The molecule has 0 amide bonds. The molecule has 1 unspecified atom stereocenters. The number of fused-ring (bicyclic) bond motifs is 5. The summed E-state index contributed by atoms with van der Waals surface area (Å²) in [7, 11) is -4.59. The Morgan fingerprint density at radius 1 is 1.11 bits per heavy atom. The van der Waals surface area contributed by atoms with E-state index in [0.717, 1.165) is 30.6 Å². The fraction of sp³-hybridized carbons (Fsp3) is 0.931. The smallest absolute Gasteiger partial charge is 0.390 e. The summed E-state index contributed by atoms with van der Waals surface area (Å²) >= 11 is 0. The summed E-state index contributed by atoms with van der Waals surface area (Å²) in [6, 6.07) is 0. The Morgan fingerprint density at radius 2 is 1.80 bits per heavy atom. The van der Waals surface area contributed by atoms with Crippen LogP contribution in [0, 0.1) is 51.8 Å². The van der Waals surface area contributed by atoms with Crippen LogP contribution < -0.4 is 0 Å². The Bertz CT molecular complexity index is 920. The molecule has 4 aliphatic rings. The largest absolute Gasteiger partial charge is 0.397 e. The number of hydrogen-bond donors (Lipinski definition) is 2. The van der Waals surface area contributed by atoms with Gasteiger partial charge >= 0.3 is 10.4 Å². The lowest BCUT2D eigenvalue weighted by Crippen LogP contribution is -2.53. The summed E-state index contributed by atoms with van der Waals surface area (Å²) in [4.78, 5) is 0. The van der Waals surface area contributed by atoms with Crippen LogP contribution in [0.3, 0.4) is 0 Å². The van der Waals surface area contributed by atoms with Crippen LogP contribution in [0.15, 0.2) is 11.6 Å². The van der Waals surface area contributed by atoms with Gasteiger partial charge < -0.3 is 5.11 Å². The molecule has 0 aromatic carbocycles. The summed E-state index contributed by atoms with van der Waals surface area (Å²) in [5, 5.41) is 10.6. The number of aliphatic hydroxyl groups is 1. The summed E-state index contributed by atoms with van der Waals surface area (Å²) in [6.45, 7) is 16.8. The summed E-state index contributed by atoms with van der Waals surface area (Å²) in [6.07, 6.45) is 10.2. The van der Waals surface area contributed by atoms with Crippen molar-refractivity contribution in [1.29, 1.82) is 0 Å². The SMILES string of the molecule is CC(CC[C@@H](C)[C@H]1CC[C@H]2[C@@H]3CC=C4C[C@H](O)[C@@H](OS(=O)(=O)O)C[C@]4(C)[C@H]3CC[C@]12C)C(C)(C)C. The van der Waals surface area contributed by atoms with Crippen molar-refractivity contribution >= 4 is 10.4 Å². The fourth-order valence-corrected chi connectivity index (χ4v) is 9.55. The van der Waals surface area contributed by atoms with E-state index in [1.165, 1.54) is 37.7 Å². The standard InChI is InChI=1S/C29H50O5S/c1-18(8-9-19(2)27(3,4)5)22-12-13-23-21-11-10-20-16-25(30)26(34-35(31,32)33)17-29(20,7)24(21)14-15-28(22,23)6/h10,18-19,21-26,30H,8-9,11-17H2,1-7H3,(H,31,32,33)/t18-,19?,21+,22-,23+,24+,25+,26+,28-,29+/m1/s1. The highest BCUT2D eigenvalue weighted by molar-refractivity contribution is 7.80.